The quantitative estimate of drug-likeness (QED) is 0.778. The van der Waals surface area contributed by atoms with Gasteiger partial charge >= 0.3 is 0 Å². The Labute approximate surface area is 158 Å². The zero-order chi connectivity index (χ0) is 19.2. The highest BCUT2D eigenvalue weighted by molar-refractivity contribution is 5.88. The van der Waals surface area contributed by atoms with Crippen molar-refractivity contribution in [2.75, 3.05) is 26.4 Å². The second kappa shape index (κ2) is 8.69. The summed E-state index contributed by atoms with van der Waals surface area (Å²) in [5.41, 5.74) is 0. The Morgan fingerprint density at radius 1 is 1.44 bits per heavy atom. The van der Waals surface area contributed by atoms with E-state index in [0.717, 1.165) is 16.5 Å². The Hall–Kier alpha value is -2.85. The van der Waals surface area contributed by atoms with E-state index in [1.165, 1.54) is 0 Å². The van der Waals surface area contributed by atoms with Crippen molar-refractivity contribution in [3.63, 3.8) is 0 Å². The standard InChI is InChI=1S/C20H23N3O4/c1-14(2)27-17-4-3-15-6-8-22-20(18(15)11-17)26-13-16-12-25-10-9-23(16)19(24)5-7-21/h3-4,6,8,11,14,16H,5,9-10,12-13H2,1-2H3/t16-/m0/s1. The average molecular weight is 369 g/mol. The number of carbonyl (C=O) groups is 1. The van der Waals surface area contributed by atoms with E-state index in [0.29, 0.717) is 25.6 Å². The van der Waals surface area contributed by atoms with Crippen molar-refractivity contribution in [1.29, 1.82) is 5.26 Å². The molecule has 1 aromatic heterocycles. The first-order valence-electron chi connectivity index (χ1n) is 9.01. The highest BCUT2D eigenvalue weighted by Gasteiger charge is 2.28. The van der Waals surface area contributed by atoms with E-state index >= 15 is 0 Å². The molecule has 27 heavy (non-hydrogen) atoms. The van der Waals surface area contributed by atoms with Crippen LogP contribution in [-0.4, -0.2) is 54.3 Å². The van der Waals surface area contributed by atoms with Gasteiger partial charge in [0.15, 0.2) is 0 Å². The Morgan fingerprint density at radius 2 is 2.30 bits per heavy atom. The van der Waals surface area contributed by atoms with Crippen LogP contribution >= 0.6 is 0 Å². The summed E-state index contributed by atoms with van der Waals surface area (Å²) in [7, 11) is 0. The summed E-state index contributed by atoms with van der Waals surface area (Å²) in [5, 5.41) is 10.6. The molecule has 0 bridgehead atoms. The van der Waals surface area contributed by atoms with Crippen LogP contribution < -0.4 is 9.47 Å². The lowest BCUT2D eigenvalue weighted by Gasteiger charge is -2.34. The number of nitrogens with zero attached hydrogens (tertiary/aromatic N) is 3. The summed E-state index contributed by atoms with van der Waals surface area (Å²) in [5.74, 6) is 1.04. The van der Waals surface area contributed by atoms with Gasteiger partial charge in [0.1, 0.15) is 18.8 Å². The first-order chi connectivity index (χ1) is 13.1. The van der Waals surface area contributed by atoms with Crippen LogP contribution in [0.4, 0.5) is 0 Å². The number of morpholine rings is 1. The minimum Gasteiger partial charge on any atom is -0.491 e. The van der Waals surface area contributed by atoms with Crippen molar-refractivity contribution < 1.29 is 19.0 Å². The molecule has 1 aromatic carbocycles. The summed E-state index contributed by atoms with van der Waals surface area (Å²) in [6.07, 6.45) is 1.62. The van der Waals surface area contributed by atoms with Crippen LogP contribution in [0.15, 0.2) is 30.5 Å². The first kappa shape index (κ1) is 18.9. The number of amides is 1. The van der Waals surface area contributed by atoms with Crippen molar-refractivity contribution in [2.24, 2.45) is 0 Å². The number of ether oxygens (including phenoxy) is 3. The summed E-state index contributed by atoms with van der Waals surface area (Å²) in [6.45, 7) is 5.50. The van der Waals surface area contributed by atoms with Crippen molar-refractivity contribution in [3.8, 4) is 17.7 Å². The summed E-state index contributed by atoms with van der Waals surface area (Å²) in [6, 6.07) is 9.37. The molecule has 1 saturated heterocycles. The van der Waals surface area contributed by atoms with Gasteiger partial charge in [0, 0.05) is 18.1 Å². The van der Waals surface area contributed by atoms with Gasteiger partial charge in [-0.25, -0.2) is 4.98 Å². The highest BCUT2D eigenvalue weighted by atomic mass is 16.5. The molecule has 1 aliphatic rings. The number of hydrogen-bond acceptors (Lipinski definition) is 6. The summed E-state index contributed by atoms with van der Waals surface area (Å²) < 4.78 is 17.2. The third kappa shape index (κ3) is 4.66. The molecule has 142 valence electrons. The molecule has 3 rings (SSSR count). The number of fused-ring (bicyclic) bond motifs is 1. The van der Waals surface area contributed by atoms with E-state index in [1.807, 2.05) is 44.2 Å². The highest BCUT2D eigenvalue weighted by Crippen LogP contribution is 2.28. The van der Waals surface area contributed by atoms with Crippen LogP contribution in [-0.2, 0) is 9.53 Å². The Morgan fingerprint density at radius 3 is 3.07 bits per heavy atom. The van der Waals surface area contributed by atoms with Crippen LogP contribution in [0.25, 0.3) is 10.8 Å². The Kier molecular flexibility index (Phi) is 6.09. The number of pyridine rings is 1. The lowest BCUT2D eigenvalue weighted by Crippen LogP contribution is -2.51. The van der Waals surface area contributed by atoms with Crippen LogP contribution in [0, 0.1) is 11.3 Å². The van der Waals surface area contributed by atoms with Gasteiger partial charge in [-0.3, -0.25) is 4.79 Å². The topological polar surface area (TPSA) is 84.7 Å². The lowest BCUT2D eigenvalue weighted by atomic mass is 10.1. The average Bonchev–Trinajstić information content (AvgIpc) is 2.66. The summed E-state index contributed by atoms with van der Waals surface area (Å²) in [4.78, 5) is 18.1. The molecule has 1 aliphatic heterocycles. The second-order valence-corrected chi connectivity index (χ2v) is 6.63. The Bertz CT molecular complexity index is 847. The van der Waals surface area contributed by atoms with Crippen molar-refractivity contribution in [1.82, 2.24) is 9.88 Å². The molecule has 7 heteroatoms. The molecule has 0 unspecified atom stereocenters. The zero-order valence-electron chi connectivity index (χ0n) is 15.6. The fourth-order valence-electron chi connectivity index (χ4n) is 3.05. The normalized spacial score (nSPS) is 17.0. The van der Waals surface area contributed by atoms with E-state index in [4.69, 9.17) is 19.5 Å². The largest absolute Gasteiger partial charge is 0.491 e. The maximum atomic E-state index is 12.1. The molecule has 0 spiro atoms. The summed E-state index contributed by atoms with van der Waals surface area (Å²) >= 11 is 0. The van der Waals surface area contributed by atoms with Crippen molar-refractivity contribution in [2.45, 2.75) is 32.4 Å². The number of hydrogen-bond donors (Lipinski definition) is 0. The monoisotopic (exact) mass is 369 g/mol. The van der Waals surface area contributed by atoms with E-state index < -0.39 is 0 Å². The van der Waals surface area contributed by atoms with Gasteiger partial charge in [-0.05, 0) is 37.4 Å². The van der Waals surface area contributed by atoms with Gasteiger partial charge < -0.3 is 19.1 Å². The number of aromatic nitrogens is 1. The molecule has 1 amide bonds. The van der Waals surface area contributed by atoms with Gasteiger partial charge in [-0.15, -0.1) is 0 Å². The predicted octanol–water partition coefficient (Wildman–Crippen LogP) is 2.54. The molecule has 2 heterocycles. The third-order valence-corrected chi connectivity index (χ3v) is 4.26. The maximum absolute atomic E-state index is 12.1. The molecule has 0 aliphatic carbocycles. The van der Waals surface area contributed by atoms with Crippen LogP contribution in [0.1, 0.15) is 20.3 Å². The molecule has 1 fully saturated rings. The SMILES string of the molecule is CC(C)Oc1ccc2ccnc(OC[C@@H]3COCCN3C(=O)CC#N)c2c1. The molecule has 0 saturated carbocycles. The minimum absolute atomic E-state index is 0.0718. The molecule has 2 aromatic rings. The van der Waals surface area contributed by atoms with Gasteiger partial charge in [0.2, 0.25) is 11.8 Å². The number of carbonyl (C=O) groups excluding carboxylic acids is 1. The second-order valence-electron chi connectivity index (χ2n) is 6.63. The zero-order valence-corrected chi connectivity index (χ0v) is 15.6. The molecular weight excluding hydrogens is 346 g/mol. The number of rotatable bonds is 6. The van der Waals surface area contributed by atoms with Gasteiger partial charge in [0.25, 0.3) is 0 Å². The minimum atomic E-state index is -0.244. The fraction of sp³-hybridized carbons (Fsp3) is 0.450. The fourth-order valence-corrected chi connectivity index (χ4v) is 3.05. The van der Waals surface area contributed by atoms with Crippen LogP contribution in [0.3, 0.4) is 0 Å². The molecule has 0 N–H and O–H groups in total. The van der Waals surface area contributed by atoms with Crippen LogP contribution in [0.5, 0.6) is 11.6 Å². The maximum Gasteiger partial charge on any atom is 0.237 e. The van der Waals surface area contributed by atoms with Crippen molar-refractivity contribution >= 4 is 16.7 Å². The van der Waals surface area contributed by atoms with Crippen molar-refractivity contribution in [3.05, 3.63) is 30.5 Å². The van der Waals surface area contributed by atoms with Gasteiger partial charge in [-0.1, -0.05) is 6.07 Å². The van der Waals surface area contributed by atoms with E-state index in [2.05, 4.69) is 4.98 Å². The third-order valence-electron chi connectivity index (χ3n) is 4.26. The van der Waals surface area contributed by atoms with E-state index in [9.17, 15) is 4.79 Å². The predicted molar refractivity (Wildman–Crippen MR) is 99.6 cm³/mol. The smallest absolute Gasteiger partial charge is 0.237 e. The van der Waals surface area contributed by atoms with Gasteiger partial charge in [0.05, 0.1) is 31.4 Å². The van der Waals surface area contributed by atoms with Gasteiger partial charge in [-0.2, -0.15) is 5.26 Å². The number of nitriles is 1. The molecular formula is C20H23N3O4. The molecule has 1 atom stereocenters. The number of benzene rings is 1. The van der Waals surface area contributed by atoms with E-state index in [-0.39, 0.29) is 31.1 Å². The molecule has 0 radical (unpaired) electrons. The first-order valence-corrected chi connectivity index (χ1v) is 9.01. The van der Waals surface area contributed by atoms with E-state index in [1.54, 1.807) is 11.1 Å². The Balaban J connectivity index is 1.77. The molecule has 7 nitrogen and oxygen atoms in total. The lowest BCUT2D eigenvalue weighted by molar-refractivity contribution is -0.140. The van der Waals surface area contributed by atoms with Crippen LogP contribution in [0.2, 0.25) is 0 Å².